The molecule has 0 aromatic rings. The molecule has 1 amide bonds. The number of carbonyl (C=O) groups is 1. The summed E-state index contributed by atoms with van der Waals surface area (Å²) < 4.78 is 5.27. The lowest BCUT2D eigenvalue weighted by Gasteiger charge is -2.32. The predicted molar refractivity (Wildman–Crippen MR) is 91.0 cm³/mol. The molecule has 1 saturated heterocycles. The fourth-order valence-corrected chi connectivity index (χ4v) is 2.03. The van der Waals surface area contributed by atoms with Crippen molar-refractivity contribution in [2.75, 3.05) is 26.3 Å². The lowest BCUT2D eigenvalue weighted by Crippen LogP contribution is -2.45. The molecule has 0 aliphatic carbocycles. The van der Waals surface area contributed by atoms with Gasteiger partial charge in [-0.15, -0.1) is 24.0 Å². The van der Waals surface area contributed by atoms with E-state index in [4.69, 9.17) is 16.2 Å². The molecule has 20 heavy (non-hydrogen) atoms. The van der Waals surface area contributed by atoms with E-state index < -0.39 is 5.41 Å². The topological polar surface area (TPSA) is 103 Å². The van der Waals surface area contributed by atoms with E-state index in [1.54, 1.807) is 0 Å². The maximum Gasteiger partial charge on any atom is 0.225 e. The minimum Gasteiger partial charge on any atom is -0.381 e. The van der Waals surface area contributed by atoms with Crippen LogP contribution < -0.4 is 16.8 Å². The van der Waals surface area contributed by atoms with Crippen LogP contribution in [0.1, 0.15) is 33.1 Å². The number of aliphatic imine (C=N–C) groups is 1. The van der Waals surface area contributed by atoms with Crippen molar-refractivity contribution in [2.45, 2.75) is 33.1 Å². The molecule has 0 unspecified atom stereocenters. The van der Waals surface area contributed by atoms with Crippen LogP contribution in [-0.4, -0.2) is 38.2 Å². The van der Waals surface area contributed by atoms with Crippen LogP contribution in [0.25, 0.3) is 0 Å². The number of primary amides is 1. The molecular formula is C13H27IN4O2. The van der Waals surface area contributed by atoms with Crippen molar-refractivity contribution in [3.63, 3.8) is 0 Å². The summed E-state index contributed by atoms with van der Waals surface area (Å²) in [4.78, 5) is 15.9. The second-order valence-corrected chi connectivity index (χ2v) is 5.57. The molecule has 118 valence electrons. The number of nitrogens with zero attached hydrogens (tertiary/aromatic N) is 1. The number of nitrogens with two attached hydrogens (primary N) is 2. The highest BCUT2D eigenvalue weighted by Gasteiger charge is 2.38. The molecule has 0 spiro atoms. The minimum atomic E-state index is -0.595. The number of carbonyl (C=O) groups excluding carboxylic acids is 1. The van der Waals surface area contributed by atoms with Crippen LogP contribution in [0.5, 0.6) is 0 Å². The molecule has 1 rings (SSSR count). The van der Waals surface area contributed by atoms with E-state index in [0.29, 0.717) is 44.5 Å². The Bertz CT molecular complexity index is 328. The van der Waals surface area contributed by atoms with Gasteiger partial charge in [0.1, 0.15) is 0 Å². The molecule has 0 aromatic heterocycles. The smallest absolute Gasteiger partial charge is 0.225 e. The zero-order chi connectivity index (χ0) is 14.3. The van der Waals surface area contributed by atoms with Gasteiger partial charge in [0.15, 0.2) is 5.96 Å². The average Bonchev–Trinajstić information content (AvgIpc) is 2.37. The first-order valence-corrected chi connectivity index (χ1v) is 6.88. The Morgan fingerprint density at radius 1 is 1.35 bits per heavy atom. The van der Waals surface area contributed by atoms with Crippen LogP contribution in [-0.2, 0) is 9.53 Å². The molecule has 7 heteroatoms. The Morgan fingerprint density at radius 3 is 2.45 bits per heavy atom. The van der Waals surface area contributed by atoms with Crippen LogP contribution >= 0.6 is 24.0 Å². The van der Waals surface area contributed by atoms with Crippen LogP contribution in [0.2, 0.25) is 0 Å². The fraction of sp³-hybridized carbons (Fsp3) is 0.846. The van der Waals surface area contributed by atoms with Gasteiger partial charge in [0.25, 0.3) is 0 Å². The highest BCUT2D eigenvalue weighted by molar-refractivity contribution is 14.0. The molecule has 0 radical (unpaired) electrons. The third-order valence-corrected chi connectivity index (χ3v) is 3.55. The summed E-state index contributed by atoms with van der Waals surface area (Å²) in [7, 11) is 0. The van der Waals surface area contributed by atoms with E-state index in [2.05, 4.69) is 24.2 Å². The highest BCUT2D eigenvalue weighted by atomic mass is 127. The molecule has 0 bridgehead atoms. The Kier molecular flexibility index (Phi) is 9.11. The van der Waals surface area contributed by atoms with Crippen molar-refractivity contribution in [1.29, 1.82) is 0 Å². The quantitative estimate of drug-likeness (QED) is 0.351. The number of nitrogens with one attached hydrogen (secondary N) is 1. The number of hydrogen-bond donors (Lipinski definition) is 3. The Morgan fingerprint density at radius 2 is 1.95 bits per heavy atom. The van der Waals surface area contributed by atoms with Crippen molar-refractivity contribution >= 4 is 35.8 Å². The Hall–Kier alpha value is -0.570. The maximum absolute atomic E-state index is 11.6. The Balaban J connectivity index is 0.00000361. The standard InChI is InChI=1S/C13H26N4O2.HI/c1-10(2)3-6-16-12(15)17-9-13(11(14)18)4-7-19-8-5-13;/h10H,3-9H2,1-2H3,(H2,14,18)(H3,15,16,17);1H. The van der Waals surface area contributed by atoms with Gasteiger partial charge in [-0.1, -0.05) is 13.8 Å². The van der Waals surface area contributed by atoms with Gasteiger partial charge in [-0.05, 0) is 25.2 Å². The van der Waals surface area contributed by atoms with E-state index in [0.717, 1.165) is 13.0 Å². The number of guanidine groups is 1. The van der Waals surface area contributed by atoms with E-state index in [-0.39, 0.29) is 29.9 Å². The second kappa shape index (κ2) is 9.38. The first-order valence-electron chi connectivity index (χ1n) is 6.88. The van der Waals surface area contributed by atoms with Gasteiger partial charge in [0.05, 0.1) is 12.0 Å². The van der Waals surface area contributed by atoms with Crippen molar-refractivity contribution < 1.29 is 9.53 Å². The van der Waals surface area contributed by atoms with Gasteiger partial charge in [0, 0.05) is 19.8 Å². The van der Waals surface area contributed by atoms with E-state index in [1.165, 1.54) is 0 Å². The first kappa shape index (κ1) is 19.4. The van der Waals surface area contributed by atoms with E-state index in [1.807, 2.05) is 0 Å². The number of halogens is 1. The van der Waals surface area contributed by atoms with Gasteiger partial charge in [-0.3, -0.25) is 9.79 Å². The van der Waals surface area contributed by atoms with E-state index >= 15 is 0 Å². The second-order valence-electron chi connectivity index (χ2n) is 5.57. The summed E-state index contributed by atoms with van der Waals surface area (Å²) in [6.45, 7) is 6.54. The van der Waals surface area contributed by atoms with Crippen molar-refractivity contribution in [3.05, 3.63) is 0 Å². The summed E-state index contributed by atoms with van der Waals surface area (Å²) in [6.07, 6.45) is 2.27. The molecule has 0 aromatic carbocycles. The molecule has 1 aliphatic heterocycles. The van der Waals surface area contributed by atoms with E-state index in [9.17, 15) is 4.79 Å². The number of hydrogen-bond acceptors (Lipinski definition) is 3. The summed E-state index contributed by atoms with van der Waals surface area (Å²) >= 11 is 0. The summed E-state index contributed by atoms with van der Waals surface area (Å²) in [6, 6.07) is 0. The molecule has 0 saturated carbocycles. The summed E-state index contributed by atoms with van der Waals surface area (Å²) in [5, 5.41) is 3.05. The number of ether oxygens (including phenoxy) is 1. The third-order valence-electron chi connectivity index (χ3n) is 3.55. The molecule has 1 heterocycles. The van der Waals surface area contributed by atoms with Crippen LogP contribution in [0, 0.1) is 11.3 Å². The van der Waals surface area contributed by atoms with Gasteiger partial charge in [-0.2, -0.15) is 0 Å². The van der Waals surface area contributed by atoms with Crippen molar-refractivity contribution in [3.8, 4) is 0 Å². The average molecular weight is 398 g/mol. The van der Waals surface area contributed by atoms with Crippen LogP contribution in [0.4, 0.5) is 0 Å². The van der Waals surface area contributed by atoms with Crippen LogP contribution in [0.3, 0.4) is 0 Å². The zero-order valence-electron chi connectivity index (χ0n) is 12.4. The highest BCUT2D eigenvalue weighted by Crippen LogP contribution is 2.30. The number of amides is 1. The summed E-state index contributed by atoms with van der Waals surface area (Å²) in [5.41, 5.74) is 10.7. The molecule has 1 aliphatic rings. The zero-order valence-corrected chi connectivity index (χ0v) is 14.7. The SMILES string of the molecule is CC(C)CCNC(N)=NCC1(C(N)=O)CCOCC1.I. The van der Waals surface area contributed by atoms with Gasteiger partial charge >= 0.3 is 0 Å². The molecule has 0 atom stereocenters. The molecule has 6 nitrogen and oxygen atoms in total. The van der Waals surface area contributed by atoms with Gasteiger partial charge in [0.2, 0.25) is 5.91 Å². The molecule has 1 fully saturated rings. The summed E-state index contributed by atoms with van der Waals surface area (Å²) in [5.74, 6) is 0.690. The van der Waals surface area contributed by atoms with Gasteiger partial charge < -0.3 is 21.5 Å². The third kappa shape index (κ3) is 6.25. The first-order chi connectivity index (χ1) is 8.96. The van der Waals surface area contributed by atoms with Crippen molar-refractivity contribution in [2.24, 2.45) is 27.8 Å². The largest absolute Gasteiger partial charge is 0.381 e. The lowest BCUT2D eigenvalue weighted by molar-refractivity contribution is -0.132. The predicted octanol–water partition coefficient (Wildman–Crippen LogP) is 0.837. The monoisotopic (exact) mass is 398 g/mol. The van der Waals surface area contributed by atoms with Gasteiger partial charge in [-0.25, -0.2) is 0 Å². The van der Waals surface area contributed by atoms with Crippen molar-refractivity contribution in [1.82, 2.24) is 5.32 Å². The lowest BCUT2D eigenvalue weighted by atomic mass is 9.79. The Labute approximate surface area is 138 Å². The number of rotatable bonds is 6. The molecule has 5 N–H and O–H groups in total. The minimum absolute atomic E-state index is 0. The fourth-order valence-electron chi connectivity index (χ4n) is 2.03. The maximum atomic E-state index is 11.6. The molecular weight excluding hydrogens is 371 g/mol. The van der Waals surface area contributed by atoms with Crippen LogP contribution in [0.15, 0.2) is 4.99 Å². The normalized spacial score (nSPS) is 18.4.